The van der Waals surface area contributed by atoms with E-state index in [0.717, 1.165) is 6.42 Å². The Hall–Kier alpha value is -1.31. The van der Waals surface area contributed by atoms with Crippen LogP contribution in [0.25, 0.3) is 0 Å². The van der Waals surface area contributed by atoms with Crippen molar-refractivity contribution in [1.29, 1.82) is 0 Å². The number of nitrogens with zero attached hydrogens (tertiary/aromatic N) is 1. The molecular weight excluding hydrogens is 364 g/mol. The molecule has 2 aliphatic rings. The summed E-state index contributed by atoms with van der Waals surface area (Å²) in [6, 6.07) is 3.51. The summed E-state index contributed by atoms with van der Waals surface area (Å²) in [6.07, 6.45) is 2.72. The van der Waals surface area contributed by atoms with Crippen molar-refractivity contribution in [3.8, 4) is 0 Å². The molecule has 1 saturated carbocycles. The van der Waals surface area contributed by atoms with Crippen molar-refractivity contribution in [3.63, 3.8) is 0 Å². The molecule has 3 rings (SSSR count). The summed E-state index contributed by atoms with van der Waals surface area (Å²) in [4.78, 5) is 28.5. The molecule has 0 spiro atoms. The fourth-order valence-corrected chi connectivity index (χ4v) is 3.17. The van der Waals surface area contributed by atoms with Crippen molar-refractivity contribution in [3.05, 3.63) is 28.0 Å². The maximum Gasteiger partial charge on any atom is 0.229 e. The summed E-state index contributed by atoms with van der Waals surface area (Å²) in [6.45, 7) is 1.33. The predicted molar refractivity (Wildman–Crippen MR) is 85.9 cm³/mol. The third kappa shape index (κ3) is 3.46. The average molecular weight is 383 g/mol. The second-order valence-electron chi connectivity index (χ2n) is 5.96. The van der Waals surface area contributed by atoms with Gasteiger partial charge in [0.25, 0.3) is 0 Å². The first-order valence-corrected chi connectivity index (χ1v) is 8.55. The first kappa shape index (κ1) is 16.5. The highest BCUT2D eigenvalue weighted by molar-refractivity contribution is 9.10. The fraction of sp³-hybridized carbons (Fsp3) is 0.562. The maximum atomic E-state index is 12.5. The Labute approximate surface area is 142 Å². The Bertz CT molecular complexity index is 625. The summed E-state index contributed by atoms with van der Waals surface area (Å²) in [5.41, 5.74) is 5.71. The highest BCUT2D eigenvalue weighted by Crippen LogP contribution is 2.47. The number of pyridine rings is 1. The number of nitrogens with two attached hydrogens (primary N) is 1. The lowest BCUT2D eigenvalue weighted by atomic mass is 10.00. The number of carbonyl (C=O) groups is 2. The van der Waals surface area contributed by atoms with Gasteiger partial charge in [-0.05, 0) is 47.3 Å². The summed E-state index contributed by atoms with van der Waals surface area (Å²) in [7, 11) is 0. The molecule has 1 aliphatic carbocycles. The molecule has 0 aromatic carbocycles. The summed E-state index contributed by atoms with van der Waals surface area (Å²) in [5, 5.41) is 0. The standard InChI is InChI=1S/C16H19BrN2O4/c17-10-2-4-12(16(6-7-16)15(18)21)19-14(10)11(20)3-5-13-22-8-1-9-23-13/h2,4,13H,1,3,5-9H2,(H2,18,21). The Morgan fingerprint density at radius 2 is 2.00 bits per heavy atom. The number of halogens is 1. The van der Waals surface area contributed by atoms with Gasteiger partial charge in [0.15, 0.2) is 12.1 Å². The Morgan fingerprint density at radius 1 is 1.30 bits per heavy atom. The minimum atomic E-state index is -0.689. The van der Waals surface area contributed by atoms with Gasteiger partial charge in [-0.25, -0.2) is 4.98 Å². The smallest absolute Gasteiger partial charge is 0.229 e. The minimum absolute atomic E-state index is 0.100. The number of hydrogen-bond acceptors (Lipinski definition) is 5. The molecule has 2 N–H and O–H groups in total. The highest BCUT2D eigenvalue weighted by atomic mass is 79.9. The number of hydrogen-bond donors (Lipinski definition) is 1. The monoisotopic (exact) mass is 382 g/mol. The third-order valence-corrected chi connectivity index (χ3v) is 4.97. The molecular formula is C16H19BrN2O4. The molecule has 0 unspecified atom stereocenters. The fourth-order valence-electron chi connectivity index (χ4n) is 2.73. The second-order valence-corrected chi connectivity index (χ2v) is 6.81. The molecule has 0 atom stereocenters. The van der Waals surface area contributed by atoms with E-state index < -0.39 is 5.41 Å². The van der Waals surface area contributed by atoms with Crippen LogP contribution in [0.1, 0.15) is 48.3 Å². The van der Waals surface area contributed by atoms with Crippen LogP contribution in [-0.2, 0) is 19.7 Å². The largest absolute Gasteiger partial charge is 0.369 e. The summed E-state index contributed by atoms with van der Waals surface area (Å²) >= 11 is 3.36. The van der Waals surface area contributed by atoms with Crippen molar-refractivity contribution >= 4 is 27.6 Å². The lowest BCUT2D eigenvalue weighted by Gasteiger charge is -2.22. The van der Waals surface area contributed by atoms with Crippen LogP contribution in [0.3, 0.4) is 0 Å². The molecule has 7 heteroatoms. The first-order valence-electron chi connectivity index (χ1n) is 7.76. The number of rotatable bonds is 6. The maximum absolute atomic E-state index is 12.5. The van der Waals surface area contributed by atoms with Crippen LogP contribution in [0.5, 0.6) is 0 Å². The lowest BCUT2D eigenvalue weighted by molar-refractivity contribution is -0.180. The van der Waals surface area contributed by atoms with Gasteiger partial charge in [0, 0.05) is 17.3 Å². The number of aromatic nitrogens is 1. The zero-order valence-electron chi connectivity index (χ0n) is 12.7. The zero-order valence-corrected chi connectivity index (χ0v) is 14.3. The van der Waals surface area contributed by atoms with Crippen LogP contribution < -0.4 is 5.73 Å². The second kappa shape index (κ2) is 6.67. The van der Waals surface area contributed by atoms with Gasteiger partial charge in [-0.1, -0.05) is 0 Å². The zero-order chi connectivity index (χ0) is 16.4. The number of ketones is 1. The van der Waals surface area contributed by atoms with Gasteiger partial charge in [0.1, 0.15) is 5.69 Å². The van der Waals surface area contributed by atoms with Crippen molar-refractivity contribution in [2.45, 2.75) is 43.8 Å². The molecule has 124 valence electrons. The van der Waals surface area contributed by atoms with E-state index in [2.05, 4.69) is 20.9 Å². The van der Waals surface area contributed by atoms with Crippen LogP contribution in [0.2, 0.25) is 0 Å². The quantitative estimate of drug-likeness (QED) is 0.760. The first-order chi connectivity index (χ1) is 11.0. The molecule has 6 nitrogen and oxygen atoms in total. The van der Waals surface area contributed by atoms with Crippen LogP contribution >= 0.6 is 15.9 Å². The summed E-state index contributed by atoms with van der Waals surface area (Å²) in [5.74, 6) is -0.480. The van der Waals surface area contributed by atoms with Gasteiger partial charge >= 0.3 is 0 Å². The average Bonchev–Trinajstić information content (AvgIpc) is 3.36. The van der Waals surface area contributed by atoms with E-state index in [0.29, 0.717) is 48.3 Å². The van der Waals surface area contributed by atoms with E-state index >= 15 is 0 Å². The van der Waals surface area contributed by atoms with Gasteiger partial charge in [0.05, 0.1) is 24.3 Å². The molecule has 2 heterocycles. The van der Waals surface area contributed by atoms with Gasteiger partial charge in [-0.3, -0.25) is 9.59 Å². The molecule has 1 saturated heterocycles. The highest BCUT2D eigenvalue weighted by Gasteiger charge is 2.51. The van der Waals surface area contributed by atoms with Crippen molar-refractivity contribution in [1.82, 2.24) is 4.98 Å². The van der Waals surface area contributed by atoms with Gasteiger partial charge < -0.3 is 15.2 Å². The molecule has 2 fully saturated rings. The topological polar surface area (TPSA) is 91.5 Å². The molecule has 1 aromatic rings. The Balaban J connectivity index is 1.71. The predicted octanol–water partition coefficient (Wildman–Crippen LogP) is 2.09. The number of carbonyl (C=O) groups excluding carboxylic acids is 2. The Kier molecular flexibility index (Phi) is 4.79. The van der Waals surface area contributed by atoms with Crippen molar-refractivity contribution < 1.29 is 19.1 Å². The van der Waals surface area contributed by atoms with Crippen molar-refractivity contribution in [2.75, 3.05) is 13.2 Å². The van der Waals surface area contributed by atoms with E-state index in [9.17, 15) is 9.59 Å². The van der Waals surface area contributed by atoms with Crippen LogP contribution in [-0.4, -0.2) is 36.2 Å². The SMILES string of the molecule is NC(=O)C1(c2ccc(Br)c(C(=O)CCC3OCCCO3)n2)CC1. The molecule has 1 aromatic heterocycles. The van der Waals surface area contributed by atoms with E-state index in [1.54, 1.807) is 12.1 Å². The van der Waals surface area contributed by atoms with Crippen molar-refractivity contribution in [2.24, 2.45) is 5.73 Å². The van der Waals surface area contributed by atoms with E-state index in [-0.39, 0.29) is 24.4 Å². The van der Waals surface area contributed by atoms with Gasteiger partial charge in [-0.2, -0.15) is 0 Å². The van der Waals surface area contributed by atoms with Crippen LogP contribution in [0.15, 0.2) is 16.6 Å². The number of ether oxygens (including phenoxy) is 2. The minimum Gasteiger partial charge on any atom is -0.369 e. The third-order valence-electron chi connectivity index (χ3n) is 4.33. The lowest BCUT2D eigenvalue weighted by Crippen LogP contribution is -2.30. The number of Topliss-reactive ketones (excluding diaryl/α,β-unsaturated/α-hetero) is 1. The Morgan fingerprint density at radius 3 is 2.61 bits per heavy atom. The molecule has 0 bridgehead atoms. The van der Waals surface area contributed by atoms with E-state index in [1.165, 1.54) is 0 Å². The van der Waals surface area contributed by atoms with Crippen LogP contribution in [0, 0.1) is 0 Å². The van der Waals surface area contributed by atoms with E-state index in [4.69, 9.17) is 15.2 Å². The molecule has 1 aliphatic heterocycles. The molecule has 1 amide bonds. The molecule has 23 heavy (non-hydrogen) atoms. The number of amides is 1. The van der Waals surface area contributed by atoms with Gasteiger partial charge in [0.2, 0.25) is 5.91 Å². The van der Waals surface area contributed by atoms with Gasteiger partial charge in [-0.15, -0.1) is 0 Å². The molecule has 0 radical (unpaired) electrons. The normalized spacial score (nSPS) is 20.2. The van der Waals surface area contributed by atoms with E-state index in [1.807, 2.05) is 0 Å². The number of primary amides is 1. The summed E-state index contributed by atoms with van der Waals surface area (Å²) < 4.78 is 11.5. The van der Waals surface area contributed by atoms with Crippen LogP contribution in [0.4, 0.5) is 0 Å².